The average Bonchev–Trinajstić information content (AvgIpc) is 3.12. The van der Waals surface area contributed by atoms with Crippen molar-refractivity contribution in [3.05, 3.63) is 72.3 Å². The summed E-state index contributed by atoms with van der Waals surface area (Å²) in [6, 6.07) is 24.4. The number of anilines is 2. The van der Waals surface area contributed by atoms with Crippen LogP contribution in [0, 0.1) is 11.3 Å². The first-order valence-electron chi connectivity index (χ1n) is 9.91. The van der Waals surface area contributed by atoms with Crippen LogP contribution in [-0.2, 0) is 7.05 Å². The summed E-state index contributed by atoms with van der Waals surface area (Å²) in [6.07, 6.45) is 0. The Morgan fingerprint density at radius 3 is 2.35 bits per heavy atom. The largest absolute Gasteiger partial charge is 0.493 e. The Morgan fingerprint density at radius 1 is 0.903 bits per heavy atom. The molecule has 0 saturated heterocycles. The lowest BCUT2D eigenvalue weighted by Crippen LogP contribution is -2.28. The van der Waals surface area contributed by atoms with Gasteiger partial charge in [0.1, 0.15) is 11.6 Å². The summed E-state index contributed by atoms with van der Waals surface area (Å²) in [5, 5.41) is 14.7. The summed E-state index contributed by atoms with van der Waals surface area (Å²) in [7, 11) is 5.21. The Balaban J connectivity index is 1.86. The van der Waals surface area contributed by atoms with Gasteiger partial charge in [-0.25, -0.2) is 4.57 Å². The van der Waals surface area contributed by atoms with E-state index < -0.39 is 0 Å². The van der Waals surface area contributed by atoms with Crippen LogP contribution in [0.4, 0.5) is 11.4 Å². The average molecular weight is 409 g/mol. The molecule has 0 amide bonds. The maximum Gasteiger partial charge on any atom is 0.307 e. The van der Waals surface area contributed by atoms with Crippen LogP contribution in [0.25, 0.3) is 27.6 Å². The monoisotopic (exact) mass is 409 g/mol. The molecule has 6 heteroatoms. The molecule has 0 unspecified atom stereocenters. The van der Waals surface area contributed by atoms with Gasteiger partial charge in [-0.2, -0.15) is 9.66 Å². The number of ether oxygens (including phenoxy) is 2. The van der Waals surface area contributed by atoms with Crippen LogP contribution in [0.3, 0.4) is 0 Å². The molecule has 1 N–H and O–H groups in total. The highest BCUT2D eigenvalue weighted by Crippen LogP contribution is 2.36. The van der Waals surface area contributed by atoms with Gasteiger partial charge in [0.05, 0.1) is 27.0 Å². The number of benzene rings is 3. The molecule has 0 atom stereocenters. The summed E-state index contributed by atoms with van der Waals surface area (Å²) >= 11 is 0. The molecule has 0 spiro atoms. The number of imidazole rings is 1. The van der Waals surface area contributed by atoms with E-state index in [9.17, 15) is 5.26 Å². The first-order valence-corrected chi connectivity index (χ1v) is 9.91. The quantitative estimate of drug-likeness (QED) is 0.437. The number of nitrogens with zero attached hydrogens (tertiary/aromatic N) is 3. The van der Waals surface area contributed by atoms with Gasteiger partial charge in [-0.15, -0.1) is 0 Å². The fourth-order valence-corrected chi connectivity index (χ4v) is 4.26. The van der Waals surface area contributed by atoms with Crippen LogP contribution >= 0.6 is 0 Å². The molecular formula is C25H21N4O2+. The van der Waals surface area contributed by atoms with Crippen molar-refractivity contribution in [3.63, 3.8) is 0 Å². The Morgan fingerprint density at radius 2 is 1.61 bits per heavy atom. The van der Waals surface area contributed by atoms with Crippen molar-refractivity contribution in [2.45, 2.75) is 0 Å². The van der Waals surface area contributed by atoms with E-state index in [1.807, 2.05) is 55.6 Å². The Bertz CT molecular complexity index is 1510. The van der Waals surface area contributed by atoms with E-state index in [-0.39, 0.29) is 0 Å². The second-order valence-electron chi connectivity index (χ2n) is 7.28. The molecule has 2 aromatic heterocycles. The molecule has 0 saturated carbocycles. The number of hydrogen-bond donors (Lipinski definition) is 1. The minimum atomic E-state index is 0.576. The summed E-state index contributed by atoms with van der Waals surface area (Å²) in [4.78, 5) is 0. The predicted molar refractivity (Wildman–Crippen MR) is 121 cm³/mol. The molecule has 0 aliphatic heterocycles. The number of methoxy groups -OCH3 is 2. The van der Waals surface area contributed by atoms with Gasteiger partial charge in [0, 0.05) is 17.1 Å². The summed E-state index contributed by atoms with van der Waals surface area (Å²) in [6.45, 7) is 0. The van der Waals surface area contributed by atoms with Crippen molar-refractivity contribution in [2.24, 2.45) is 7.05 Å². The molecule has 5 aromatic rings. The molecule has 0 bridgehead atoms. The van der Waals surface area contributed by atoms with Crippen molar-refractivity contribution < 1.29 is 14.0 Å². The van der Waals surface area contributed by atoms with E-state index in [0.717, 1.165) is 39.0 Å². The van der Waals surface area contributed by atoms with E-state index in [1.165, 1.54) is 0 Å². The van der Waals surface area contributed by atoms with E-state index in [0.29, 0.717) is 17.1 Å². The third-order valence-electron chi connectivity index (χ3n) is 5.67. The Hall–Kier alpha value is -4.24. The van der Waals surface area contributed by atoms with Crippen LogP contribution in [0.2, 0.25) is 0 Å². The highest BCUT2D eigenvalue weighted by molar-refractivity contribution is 6.02. The number of fused-ring (bicyclic) bond motifs is 5. The molecule has 0 aliphatic rings. The van der Waals surface area contributed by atoms with Gasteiger partial charge in [-0.05, 0) is 36.4 Å². The highest BCUT2D eigenvalue weighted by atomic mass is 16.5. The van der Waals surface area contributed by atoms with Crippen LogP contribution in [0.15, 0.2) is 66.7 Å². The van der Waals surface area contributed by atoms with Crippen molar-refractivity contribution >= 4 is 39.0 Å². The molecule has 6 nitrogen and oxygen atoms in total. The van der Waals surface area contributed by atoms with Gasteiger partial charge in [0.15, 0.2) is 28.1 Å². The fourth-order valence-electron chi connectivity index (χ4n) is 4.26. The summed E-state index contributed by atoms with van der Waals surface area (Å²) in [5.41, 5.74) is 6.13. The second-order valence-corrected chi connectivity index (χ2v) is 7.28. The number of nitriles is 1. The lowest BCUT2D eigenvalue weighted by Gasteiger charge is -2.14. The van der Waals surface area contributed by atoms with Crippen LogP contribution < -0.4 is 19.4 Å². The molecule has 3 aromatic carbocycles. The molecule has 5 rings (SSSR count). The van der Waals surface area contributed by atoms with Crippen molar-refractivity contribution in [1.29, 1.82) is 5.26 Å². The number of aromatic nitrogens is 2. The summed E-state index contributed by atoms with van der Waals surface area (Å²) in [5.74, 6) is 1.27. The lowest BCUT2D eigenvalue weighted by molar-refractivity contribution is -0.618. The molecular weight excluding hydrogens is 388 g/mol. The molecule has 0 fully saturated rings. The first kappa shape index (κ1) is 18.8. The normalized spacial score (nSPS) is 11.0. The van der Waals surface area contributed by atoms with E-state index >= 15 is 0 Å². The van der Waals surface area contributed by atoms with Crippen molar-refractivity contribution in [3.8, 4) is 17.6 Å². The molecule has 31 heavy (non-hydrogen) atoms. The smallest absolute Gasteiger partial charge is 0.307 e. The molecule has 0 radical (unpaired) electrons. The minimum Gasteiger partial charge on any atom is -0.493 e. The Labute approximate surface area is 179 Å². The van der Waals surface area contributed by atoms with Crippen LogP contribution in [0.1, 0.15) is 5.56 Å². The lowest BCUT2D eigenvalue weighted by atomic mass is 10.1. The third kappa shape index (κ3) is 2.75. The van der Waals surface area contributed by atoms with Gasteiger partial charge in [0.2, 0.25) is 0 Å². The number of pyridine rings is 1. The van der Waals surface area contributed by atoms with Gasteiger partial charge in [-0.3, -0.25) is 0 Å². The van der Waals surface area contributed by atoms with Crippen LogP contribution in [-0.4, -0.2) is 18.6 Å². The molecule has 152 valence electrons. The number of nitrogens with one attached hydrogen (secondary N) is 1. The minimum absolute atomic E-state index is 0.576. The van der Waals surface area contributed by atoms with E-state index in [2.05, 4.69) is 38.6 Å². The zero-order valence-corrected chi connectivity index (χ0v) is 17.5. The Kier molecular flexibility index (Phi) is 4.37. The van der Waals surface area contributed by atoms with E-state index in [4.69, 9.17) is 9.47 Å². The second kappa shape index (κ2) is 7.22. The van der Waals surface area contributed by atoms with Crippen LogP contribution in [0.5, 0.6) is 11.5 Å². The zero-order chi connectivity index (χ0) is 21.5. The molecule has 0 aliphatic carbocycles. The number of rotatable bonds is 4. The third-order valence-corrected chi connectivity index (χ3v) is 5.67. The van der Waals surface area contributed by atoms with Gasteiger partial charge in [-0.1, -0.05) is 24.3 Å². The standard InChI is InChI=1S/C25H20N4O2/c1-28-20-10-6-7-11-21(20)29-19-9-5-4-8-17(19)24(18(15-26)25(28)29)27-16-12-13-22(30-2)23(14-16)31-3/h4-14H,1-3H3/p+1. The number of aryl methyl sites for hydroxylation is 1. The maximum atomic E-state index is 10.2. The number of hydrogen-bond acceptors (Lipinski definition) is 4. The van der Waals surface area contributed by atoms with Gasteiger partial charge < -0.3 is 14.8 Å². The van der Waals surface area contributed by atoms with Gasteiger partial charge >= 0.3 is 5.65 Å². The highest BCUT2D eigenvalue weighted by Gasteiger charge is 2.26. The maximum absolute atomic E-state index is 10.2. The SMILES string of the molecule is COc1ccc(Nc2c(C#N)c3n(c4ccccc24)c2ccccc2[n+]3C)cc1OC. The van der Waals surface area contributed by atoms with Crippen molar-refractivity contribution in [1.82, 2.24) is 4.40 Å². The summed E-state index contributed by atoms with van der Waals surface area (Å²) < 4.78 is 15.0. The van der Waals surface area contributed by atoms with E-state index in [1.54, 1.807) is 14.2 Å². The zero-order valence-electron chi connectivity index (χ0n) is 17.5. The number of para-hydroxylation sites is 3. The predicted octanol–water partition coefficient (Wildman–Crippen LogP) is 4.70. The topological polar surface area (TPSA) is 62.6 Å². The molecule has 2 heterocycles. The first-order chi connectivity index (χ1) is 15.2. The van der Waals surface area contributed by atoms with Crippen molar-refractivity contribution in [2.75, 3.05) is 19.5 Å². The van der Waals surface area contributed by atoms with Gasteiger partial charge in [0.25, 0.3) is 0 Å². The fraction of sp³-hybridized carbons (Fsp3) is 0.120.